The molecule has 0 aliphatic rings. The van der Waals surface area contributed by atoms with Crippen LogP contribution in [-0.4, -0.2) is 50.7 Å². The molecule has 0 saturated heterocycles. The molecule has 0 spiro atoms. The lowest BCUT2D eigenvalue weighted by molar-refractivity contribution is 0.154. The molecule has 0 saturated carbocycles. The van der Waals surface area contributed by atoms with Gasteiger partial charge in [-0.05, 0) is 74.9 Å². The van der Waals surface area contributed by atoms with Gasteiger partial charge in [-0.25, -0.2) is 22.9 Å². The van der Waals surface area contributed by atoms with Crippen LogP contribution in [0.4, 0.5) is 4.79 Å². The number of carbonyl (C=O) groups excluding carboxylic acids is 1. The molecule has 0 atom stereocenters. The smallest absolute Gasteiger partial charge is 0.421 e. The molecule has 47 heavy (non-hydrogen) atoms. The van der Waals surface area contributed by atoms with E-state index in [9.17, 15) is 21.6 Å². The number of hydrogen-bond acceptors (Lipinski definition) is 8. The third-order valence-electron chi connectivity index (χ3n) is 7.32. The zero-order valence-electron chi connectivity index (χ0n) is 26.7. The van der Waals surface area contributed by atoms with Crippen molar-refractivity contribution in [1.29, 1.82) is 0 Å². The summed E-state index contributed by atoms with van der Waals surface area (Å²) >= 11 is 0. The van der Waals surface area contributed by atoms with E-state index in [2.05, 4.69) is 11.5 Å². The van der Waals surface area contributed by atoms with E-state index in [1.54, 1.807) is 31.4 Å². The van der Waals surface area contributed by atoms with Crippen molar-refractivity contribution in [2.24, 2.45) is 0 Å². The van der Waals surface area contributed by atoms with Crippen LogP contribution in [0, 0.1) is 20.8 Å². The van der Waals surface area contributed by atoms with Gasteiger partial charge in [0.15, 0.2) is 0 Å². The van der Waals surface area contributed by atoms with Crippen LogP contribution in [0.5, 0.6) is 5.75 Å². The molecule has 0 radical (unpaired) electrons. The predicted octanol–water partition coefficient (Wildman–Crippen LogP) is 6.11. The fraction of sp³-hybridized carbons (Fsp3) is 0.235. The summed E-state index contributed by atoms with van der Waals surface area (Å²) in [6.07, 6.45) is 0.211. The molecule has 1 amide bonds. The maximum absolute atomic E-state index is 12.3. The van der Waals surface area contributed by atoms with Crippen molar-refractivity contribution >= 4 is 37.3 Å². The Labute approximate surface area is 275 Å². The minimum Gasteiger partial charge on any atom is -0.496 e. The van der Waals surface area contributed by atoms with E-state index >= 15 is 0 Å². The Morgan fingerprint density at radius 2 is 1.40 bits per heavy atom. The van der Waals surface area contributed by atoms with Crippen LogP contribution in [0.15, 0.2) is 94.7 Å². The fourth-order valence-electron chi connectivity index (χ4n) is 4.75. The summed E-state index contributed by atoms with van der Waals surface area (Å²) in [4.78, 5) is 16.8. The number of nitrogens with zero attached hydrogens (tertiary/aromatic N) is 2. The highest BCUT2D eigenvalue weighted by molar-refractivity contribution is 7.90. The Balaban J connectivity index is 0.000000385. The number of benzene rings is 4. The number of aryl methyl sites for hydroxylation is 4. The molecule has 1 heterocycles. The Hall–Kier alpha value is -4.72. The summed E-state index contributed by atoms with van der Waals surface area (Å²) in [5.74, 6) is 1.75. The molecule has 5 rings (SSSR count). The number of rotatable bonds is 9. The van der Waals surface area contributed by atoms with Crippen LogP contribution in [0.1, 0.15) is 35.0 Å². The second kappa shape index (κ2) is 14.8. The highest BCUT2D eigenvalue weighted by Gasteiger charge is 2.19. The SMILES string of the molecule is CCc1nc2c(C)c(OC)ccc2n1-c1ccc(CCOC(=O)NS(=O)(=O)c2ccc(C)cc2)cc1.Cc1ccc(S(=O)(=O)O)cc1. The minimum atomic E-state index is -4.02. The van der Waals surface area contributed by atoms with Gasteiger partial charge in [0.1, 0.15) is 11.6 Å². The first-order chi connectivity index (χ1) is 22.2. The minimum absolute atomic E-state index is 0.00718. The van der Waals surface area contributed by atoms with E-state index in [1.807, 2.05) is 61.9 Å². The Morgan fingerprint density at radius 3 is 1.94 bits per heavy atom. The summed E-state index contributed by atoms with van der Waals surface area (Å²) in [6, 6.07) is 24.1. The maximum atomic E-state index is 12.3. The first-order valence-corrected chi connectivity index (χ1v) is 17.6. The average Bonchev–Trinajstić information content (AvgIpc) is 3.41. The largest absolute Gasteiger partial charge is 0.496 e. The number of ether oxygens (including phenoxy) is 2. The van der Waals surface area contributed by atoms with E-state index in [1.165, 1.54) is 24.3 Å². The molecule has 1 aromatic heterocycles. The second-order valence-electron chi connectivity index (χ2n) is 10.7. The zero-order chi connectivity index (χ0) is 34.4. The van der Waals surface area contributed by atoms with Crippen LogP contribution >= 0.6 is 0 Å². The lowest BCUT2D eigenvalue weighted by Crippen LogP contribution is -2.31. The van der Waals surface area contributed by atoms with E-state index < -0.39 is 26.2 Å². The van der Waals surface area contributed by atoms with Crippen molar-refractivity contribution < 1.29 is 35.7 Å². The molecule has 0 fully saturated rings. The molecule has 2 N–H and O–H groups in total. The van der Waals surface area contributed by atoms with Gasteiger partial charge in [-0.2, -0.15) is 8.42 Å². The number of hydrogen-bond donors (Lipinski definition) is 2. The van der Waals surface area contributed by atoms with Crippen molar-refractivity contribution in [3.63, 3.8) is 0 Å². The zero-order valence-corrected chi connectivity index (χ0v) is 28.4. The van der Waals surface area contributed by atoms with Gasteiger partial charge in [-0.3, -0.25) is 9.12 Å². The summed E-state index contributed by atoms with van der Waals surface area (Å²) in [5.41, 5.74) is 6.73. The number of methoxy groups -OCH3 is 1. The lowest BCUT2D eigenvalue weighted by atomic mass is 10.1. The van der Waals surface area contributed by atoms with Crippen LogP contribution in [0.3, 0.4) is 0 Å². The first kappa shape index (κ1) is 35.1. The van der Waals surface area contributed by atoms with E-state index in [4.69, 9.17) is 19.0 Å². The van der Waals surface area contributed by atoms with Gasteiger partial charge in [-0.15, -0.1) is 0 Å². The van der Waals surface area contributed by atoms with Crippen molar-refractivity contribution in [3.8, 4) is 11.4 Å². The molecule has 11 nitrogen and oxygen atoms in total. The van der Waals surface area contributed by atoms with Crippen LogP contribution in [0.25, 0.3) is 16.7 Å². The van der Waals surface area contributed by atoms with E-state index in [0.717, 1.165) is 57.0 Å². The van der Waals surface area contributed by atoms with E-state index in [0.29, 0.717) is 6.42 Å². The highest BCUT2D eigenvalue weighted by atomic mass is 32.2. The number of carbonyl (C=O) groups is 1. The molecule has 0 unspecified atom stereocenters. The summed E-state index contributed by atoms with van der Waals surface area (Å²) < 4.78 is 68.8. The predicted molar refractivity (Wildman–Crippen MR) is 179 cm³/mol. The van der Waals surface area contributed by atoms with Gasteiger partial charge < -0.3 is 9.47 Å². The number of imidazole rings is 1. The second-order valence-corrected chi connectivity index (χ2v) is 13.8. The molecular formula is C34H37N3O8S2. The number of fused-ring (bicyclic) bond motifs is 1. The van der Waals surface area contributed by atoms with Gasteiger partial charge >= 0.3 is 6.09 Å². The third-order valence-corrected chi connectivity index (χ3v) is 9.52. The van der Waals surface area contributed by atoms with Crippen LogP contribution < -0.4 is 9.46 Å². The molecule has 0 aliphatic heterocycles. The van der Waals surface area contributed by atoms with Gasteiger partial charge in [0, 0.05) is 24.1 Å². The number of amides is 1. The van der Waals surface area contributed by atoms with Gasteiger partial charge in [-0.1, -0.05) is 54.4 Å². The summed E-state index contributed by atoms with van der Waals surface area (Å²) in [5, 5.41) is 0. The molecule has 5 aromatic rings. The molecule has 4 aromatic carbocycles. The van der Waals surface area contributed by atoms with Crippen molar-refractivity contribution in [1.82, 2.24) is 14.3 Å². The Kier molecular flexibility index (Phi) is 11.1. The molecule has 248 valence electrons. The lowest BCUT2D eigenvalue weighted by Gasteiger charge is -2.11. The Bertz CT molecular complexity index is 2070. The van der Waals surface area contributed by atoms with Crippen molar-refractivity contribution in [2.75, 3.05) is 13.7 Å². The standard InChI is InChI=1S/C27H29N3O5S.C7H8O3S/c1-5-25-28-26-19(3)24(34-4)15-14-23(26)30(25)21-10-8-20(9-11-21)16-17-35-27(31)29-36(32,33)22-12-6-18(2)7-13-22;1-6-2-4-7(5-3-6)11(8,9)10/h6-15H,5,16-17H2,1-4H3,(H,29,31);2-5H,1H3,(H,8,9,10). The molecule has 0 aliphatic carbocycles. The highest BCUT2D eigenvalue weighted by Crippen LogP contribution is 2.30. The number of sulfonamides is 1. The third kappa shape index (κ3) is 8.76. The molecular weight excluding hydrogens is 643 g/mol. The normalized spacial score (nSPS) is 11.4. The first-order valence-electron chi connectivity index (χ1n) is 14.7. The van der Waals surface area contributed by atoms with Crippen LogP contribution in [-0.2, 0) is 37.7 Å². The fourth-order valence-corrected chi connectivity index (χ4v) is 6.12. The van der Waals surface area contributed by atoms with Gasteiger partial charge in [0.05, 0.1) is 34.5 Å². The van der Waals surface area contributed by atoms with Crippen LogP contribution in [0.2, 0.25) is 0 Å². The van der Waals surface area contributed by atoms with Gasteiger partial charge in [0.2, 0.25) is 0 Å². The summed E-state index contributed by atoms with van der Waals surface area (Å²) in [6.45, 7) is 7.81. The number of aromatic nitrogens is 2. The molecule has 0 bridgehead atoms. The van der Waals surface area contributed by atoms with E-state index in [-0.39, 0.29) is 16.4 Å². The maximum Gasteiger partial charge on any atom is 0.421 e. The number of nitrogens with one attached hydrogen (secondary N) is 1. The Morgan fingerprint density at radius 1 is 0.830 bits per heavy atom. The van der Waals surface area contributed by atoms with Crippen molar-refractivity contribution in [2.45, 2.75) is 50.3 Å². The summed E-state index contributed by atoms with van der Waals surface area (Å²) in [7, 11) is -6.34. The topological polar surface area (TPSA) is 154 Å². The average molecular weight is 680 g/mol. The van der Waals surface area contributed by atoms with Gasteiger partial charge in [0.25, 0.3) is 20.1 Å². The molecule has 13 heteroatoms. The quantitative estimate of drug-likeness (QED) is 0.176. The van der Waals surface area contributed by atoms with Crippen molar-refractivity contribution in [3.05, 3.63) is 113 Å². The monoisotopic (exact) mass is 679 g/mol.